The van der Waals surface area contributed by atoms with Crippen molar-refractivity contribution in [3.05, 3.63) is 30.1 Å². The third kappa shape index (κ3) is 7.27. The minimum absolute atomic E-state index is 0.0304. The van der Waals surface area contributed by atoms with Crippen LogP contribution in [0.2, 0.25) is 0 Å². The number of benzene rings is 1. The van der Waals surface area contributed by atoms with E-state index in [1.165, 1.54) is 12.1 Å². The van der Waals surface area contributed by atoms with Gasteiger partial charge in [-0.15, -0.1) is 0 Å². The first kappa shape index (κ1) is 25.7. The molecular formula is C21H30FN3O6S. The van der Waals surface area contributed by atoms with Crippen molar-refractivity contribution >= 4 is 27.9 Å². The van der Waals surface area contributed by atoms with Gasteiger partial charge in [0.2, 0.25) is 10.0 Å². The standard InChI is InChI=1S/C21H30FN3O6S/c1-13(2)19(25-32(29,30)17-11-7-5-9-15(17)22)20(27)31-12-18(26)24-21(28)23-16-10-6-4-8-14(16)3/h5,7,9,11,13-14,16,19,25H,4,6,8,10,12H2,1-3H3,(H2,23,24,26,28)/t14?,16?,19-/m0/s1. The van der Waals surface area contributed by atoms with Crippen LogP contribution in [0.15, 0.2) is 29.2 Å². The molecule has 0 heterocycles. The Labute approximate surface area is 187 Å². The van der Waals surface area contributed by atoms with Gasteiger partial charge in [-0.05, 0) is 36.8 Å². The van der Waals surface area contributed by atoms with E-state index in [1.54, 1.807) is 13.8 Å². The third-order valence-electron chi connectivity index (χ3n) is 5.36. The molecule has 178 valence electrons. The second kappa shape index (κ2) is 11.4. The van der Waals surface area contributed by atoms with Crippen LogP contribution < -0.4 is 15.4 Å². The quantitative estimate of drug-likeness (QED) is 0.498. The number of hydrogen-bond donors (Lipinski definition) is 3. The van der Waals surface area contributed by atoms with E-state index < -0.39 is 57.2 Å². The van der Waals surface area contributed by atoms with Gasteiger partial charge >= 0.3 is 12.0 Å². The molecule has 1 aromatic carbocycles. The van der Waals surface area contributed by atoms with Crippen LogP contribution in [0.25, 0.3) is 0 Å². The van der Waals surface area contributed by atoms with Gasteiger partial charge in [0.15, 0.2) is 6.61 Å². The molecule has 9 nitrogen and oxygen atoms in total. The molecule has 1 aromatic rings. The van der Waals surface area contributed by atoms with Crippen molar-refractivity contribution in [2.24, 2.45) is 11.8 Å². The SMILES string of the molecule is CC1CCCCC1NC(=O)NC(=O)COC(=O)[C@@H](NS(=O)(=O)c1ccccc1F)C(C)C. The molecule has 0 saturated heterocycles. The number of ether oxygens (including phenoxy) is 1. The number of rotatable bonds is 8. The maximum absolute atomic E-state index is 13.9. The van der Waals surface area contributed by atoms with Crippen LogP contribution in [-0.2, 0) is 24.3 Å². The number of sulfonamides is 1. The lowest BCUT2D eigenvalue weighted by Gasteiger charge is -2.29. The van der Waals surface area contributed by atoms with Gasteiger partial charge in [0.1, 0.15) is 16.8 Å². The maximum Gasteiger partial charge on any atom is 0.324 e. The summed E-state index contributed by atoms with van der Waals surface area (Å²) in [6.07, 6.45) is 3.93. The number of imide groups is 1. The molecule has 1 aliphatic rings. The van der Waals surface area contributed by atoms with Gasteiger partial charge in [-0.25, -0.2) is 17.6 Å². The van der Waals surface area contributed by atoms with E-state index >= 15 is 0 Å². The molecule has 11 heteroatoms. The Morgan fingerprint density at radius 1 is 1.16 bits per heavy atom. The Balaban J connectivity index is 1.90. The largest absolute Gasteiger partial charge is 0.454 e. The van der Waals surface area contributed by atoms with Gasteiger partial charge in [0.25, 0.3) is 5.91 Å². The summed E-state index contributed by atoms with van der Waals surface area (Å²) in [6, 6.07) is 2.68. The lowest BCUT2D eigenvalue weighted by Crippen LogP contribution is -2.49. The number of carbonyl (C=O) groups is 3. The summed E-state index contributed by atoms with van der Waals surface area (Å²) in [7, 11) is -4.35. The maximum atomic E-state index is 13.9. The molecule has 1 saturated carbocycles. The van der Waals surface area contributed by atoms with Crippen molar-refractivity contribution in [3.63, 3.8) is 0 Å². The smallest absolute Gasteiger partial charge is 0.324 e. The average molecular weight is 472 g/mol. The molecule has 2 unspecified atom stereocenters. The monoisotopic (exact) mass is 471 g/mol. The number of amides is 3. The van der Waals surface area contributed by atoms with Crippen LogP contribution in [0.1, 0.15) is 46.5 Å². The summed E-state index contributed by atoms with van der Waals surface area (Å²) in [5.41, 5.74) is 0. The Hall–Kier alpha value is -2.53. The zero-order chi connectivity index (χ0) is 23.9. The Kier molecular flexibility index (Phi) is 9.14. The van der Waals surface area contributed by atoms with Crippen LogP contribution in [0.4, 0.5) is 9.18 Å². The topological polar surface area (TPSA) is 131 Å². The van der Waals surface area contributed by atoms with E-state index in [0.717, 1.165) is 37.8 Å². The summed E-state index contributed by atoms with van der Waals surface area (Å²) in [4.78, 5) is 35.8. The summed E-state index contributed by atoms with van der Waals surface area (Å²) < 4.78 is 45.9. The second-order valence-corrected chi connectivity index (χ2v) is 9.95. The van der Waals surface area contributed by atoms with E-state index in [4.69, 9.17) is 4.74 Å². The minimum atomic E-state index is -4.35. The predicted molar refractivity (Wildman–Crippen MR) is 114 cm³/mol. The molecule has 32 heavy (non-hydrogen) atoms. The highest BCUT2D eigenvalue weighted by Gasteiger charge is 2.31. The molecular weight excluding hydrogens is 441 g/mol. The van der Waals surface area contributed by atoms with Gasteiger partial charge < -0.3 is 10.1 Å². The third-order valence-corrected chi connectivity index (χ3v) is 6.83. The van der Waals surface area contributed by atoms with Gasteiger partial charge in [-0.1, -0.05) is 45.7 Å². The first-order valence-electron chi connectivity index (χ1n) is 10.5. The molecule has 0 bridgehead atoms. The number of carbonyl (C=O) groups excluding carboxylic acids is 3. The Morgan fingerprint density at radius 3 is 2.44 bits per heavy atom. The molecule has 0 aliphatic heterocycles. The van der Waals surface area contributed by atoms with Crippen LogP contribution in [0.3, 0.4) is 0 Å². The number of hydrogen-bond acceptors (Lipinski definition) is 6. The molecule has 3 atom stereocenters. The van der Waals surface area contributed by atoms with Crippen molar-refractivity contribution in [1.82, 2.24) is 15.4 Å². The highest BCUT2D eigenvalue weighted by molar-refractivity contribution is 7.89. The fourth-order valence-corrected chi connectivity index (χ4v) is 4.89. The van der Waals surface area contributed by atoms with E-state index in [0.29, 0.717) is 5.92 Å². The molecule has 3 N–H and O–H groups in total. The van der Waals surface area contributed by atoms with Crippen molar-refractivity contribution in [1.29, 1.82) is 0 Å². The van der Waals surface area contributed by atoms with Crippen molar-refractivity contribution in [2.75, 3.05) is 6.61 Å². The number of halogens is 1. The highest BCUT2D eigenvalue weighted by atomic mass is 32.2. The van der Waals surface area contributed by atoms with E-state index in [-0.39, 0.29) is 6.04 Å². The number of nitrogens with one attached hydrogen (secondary N) is 3. The Morgan fingerprint density at radius 2 is 1.81 bits per heavy atom. The number of urea groups is 1. The number of esters is 1. The fourth-order valence-electron chi connectivity index (χ4n) is 3.47. The van der Waals surface area contributed by atoms with Crippen molar-refractivity contribution < 1.29 is 31.9 Å². The average Bonchev–Trinajstić information content (AvgIpc) is 2.72. The molecule has 1 aliphatic carbocycles. The highest BCUT2D eigenvalue weighted by Crippen LogP contribution is 2.23. The predicted octanol–water partition coefficient (Wildman–Crippen LogP) is 2.08. The molecule has 0 aromatic heterocycles. The second-order valence-electron chi connectivity index (χ2n) is 8.27. The molecule has 0 radical (unpaired) electrons. The van der Waals surface area contributed by atoms with Crippen molar-refractivity contribution in [3.8, 4) is 0 Å². The molecule has 0 spiro atoms. The van der Waals surface area contributed by atoms with Gasteiger partial charge in [0.05, 0.1) is 0 Å². The summed E-state index contributed by atoms with van der Waals surface area (Å²) >= 11 is 0. The first-order valence-corrected chi connectivity index (χ1v) is 12.0. The van der Waals surface area contributed by atoms with Crippen LogP contribution in [0, 0.1) is 17.7 Å². The lowest BCUT2D eigenvalue weighted by atomic mass is 9.86. The van der Waals surface area contributed by atoms with E-state index in [2.05, 4.69) is 15.4 Å². The normalized spacial score (nSPS) is 19.8. The van der Waals surface area contributed by atoms with E-state index in [9.17, 15) is 27.2 Å². The summed E-state index contributed by atoms with van der Waals surface area (Å²) in [6.45, 7) is 4.39. The van der Waals surface area contributed by atoms with E-state index in [1.807, 2.05) is 6.92 Å². The molecule has 1 fully saturated rings. The van der Waals surface area contributed by atoms with Crippen LogP contribution in [0.5, 0.6) is 0 Å². The van der Waals surface area contributed by atoms with Crippen LogP contribution in [-0.4, -0.2) is 45.0 Å². The summed E-state index contributed by atoms with van der Waals surface area (Å²) in [5, 5.41) is 4.84. The zero-order valence-electron chi connectivity index (χ0n) is 18.4. The Bertz CT molecular complexity index is 937. The summed E-state index contributed by atoms with van der Waals surface area (Å²) in [5.74, 6) is -3.08. The lowest BCUT2D eigenvalue weighted by molar-refractivity contribution is -0.150. The van der Waals surface area contributed by atoms with Gasteiger partial charge in [-0.2, -0.15) is 4.72 Å². The first-order chi connectivity index (χ1) is 15.0. The van der Waals surface area contributed by atoms with Crippen LogP contribution >= 0.6 is 0 Å². The zero-order valence-corrected chi connectivity index (χ0v) is 19.2. The van der Waals surface area contributed by atoms with Gasteiger partial charge in [-0.3, -0.25) is 14.9 Å². The van der Waals surface area contributed by atoms with Gasteiger partial charge in [0, 0.05) is 6.04 Å². The minimum Gasteiger partial charge on any atom is -0.454 e. The van der Waals surface area contributed by atoms with Crippen molar-refractivity contribution in [2.45, 2.75) is 63.4 Å². The fraction of sp³-hybridized carbons (Fsp3) is 0.571. The molecule has 3 amide bonds. The molecule has 2 rings (SSSR count).